The van der Waals surface area contributed by atoms with Gasteiger partial charge in [-0.15, -0.1) is 0 Å². The molecule has 0 saturated carbocycles. The lowest BCUT2D eigenvalue weighted by atomic mass is 9.89. The first-order valence-corrected chi connectivity index (χ1v) is 5.28. The van der Waals surface area contributed by atoms with E-state index in [1.165, 1.54) is 27.8 Å². The maximum atomic E-state index is 4.03. The molecule has 1 aromatic rings. The highest BCUT2D eigenvalue weighted by Crippen LogP contribution is 2.29. The summed E-state index contributed by atoms with van der Waals surface area (Å²) in [6.07, 6.45) is 0. The van der Waals surface area contributed by atoms with Crippen molar-refractivity contribution in [2.75, 3.05) is 0 Å². The molecule has 0 nitrogen and oxygen atoms in total. The van der Waals surface area contributed by atoms with Crippen LogP contribution in [0, 0.1) is 20.8 Å². The predicted octanol–water partition coefficient (Wildman–Crippen LogP) is 4.68. The largest absolute Gasteiger partial charge is 0.0955 e. The molecule has 0 radical (unpaired) electrons. The van der Waals surface area contributed by atoms with Crippen molar-refractivity contribution >= 4 is 11.1 Å². The van der Waals surface area contributed by atoms with Crippen molar-refractivity contribution in [3.05, 3.63) is 47.0 Å². The van der Waals surface area contributed by atoms with Gasteiger partial charge in [-0.3, -0.25) is 0 Å². The molecule has 0 bridgehead atoms. The minimum absolute atomic E-state index is 1.12. The average molecular weight is 200 g/mol. The quantitative estimate of drug-likeness (QED) is 0.650. The van der Waals surface area contributed by atoms with Gasteiger partial charge in [0.1, 0.15) is 0 Å². The Morgan fingerprint density at radius 3 is 1.40 bits per heavy atom. The summed E-state index contributed by atoms with van der Waals surface area (Å²) in [7, 11) is 0. The van der Waals surface area contributed by atoms with E-state index in [0.717, 1.165) is 11.1 Å². The lowest BCUT2D eigenvalue weighted by Gasteiger charge is -2.16. The van der Waals surface area contributed by atoms with Crippen LogP contribution in [-0.4, -0.2) is 0 Å². The summed E-state index contributed by atoms with van der Waals surface area (Å²) in [4.78, 5) is 0. The van der Waals surface area contributed by atoms with Crippen LogP contribution in [0.25, 0.3) is 11.1 Å². The van der Waals surface area contributed by atoms with Gasteiger partial charge in [0.05, 0.1) is 0 Å². The van der Waals surface area contributed by atoms with Gasteiger partial charge in [0, 0.05) is 0 Å². The zero-order chi connectivity index (χ0) is 11.7. The third kappa shape index (κ3) is 2.04. The molecule has 1 aromatic carbocycles. The van der Waals surface area contributed by atoms with E-state index < -0.39 is 0 Å². The third-order valence-electron chi connectivity index (χ3n) is 3.14. The minimum atomic E-state index is 1.12. The number of allylic oxidation sites excluding steroid dienone is 2. The normalized spacial score (nSPS) is 10.2. The SMILES string of the molecule is C=C(C)c1cc(C(=C)C)c(C)c(C)c1C. The van der Waals surface area contributed by atoms with Gasteiger partial charge in [0.15, 0.2) is 0 Å². The summed E-state index contributed by atoms with van der Waals surface area (Å²) in [6, 6.07) is 2.21. The van der Waals surface area contributed by atoms with Gasteiger partial charge in [0.25, 0.3) is 0 Å². The molecule has 0 fully saturated rings. The molecule has 0 amide bonds. The first kappa shape index (κ1) is 11.8. The summed E-state index contributed by atoms with van der Waals surface area (Å²) >= 11 is 0. The number of hydrogen-bond donors (Lipinski definition) is 0. The second-order valence-corrected chi connectivity index (χ2v) is 4.41. The van der Waals surface area contributed by atoms with E-state index in [0.29, 0.717) is 0 Å². The van der Waals surface area contributed by atoms with E-state index in [2.05, 4.69) is 53.8 Å². The molecule has 0 N–H and O–H groups in total. The van der Waals surface area contributed by atoms with Crippen LogP contribution in [0.15, 0.2) is 19.2 Å². The molecule has 80 valence electrons. The zero-order valence-electron chi connectivity index (χ0n) is 10.5. The van der Waals surface area contributed by atoms with Crippen LogP contribution >= 0.6 is 0 Å². The van der Waals surface area contributed by atoms with Gasteiger partial charge in [-0.05, 0) is 68.5 Å². The molecule has 0 saturated heterocycles. The van der Waals surface area contributed by atoms with Crippen LogP contribution in [-0.2, 0) is 0 Å². The molecular weight excluding hydrogens is 180 g/mol. The molecule has 0 aliphatic carbocycles. The van der Waals surface area contributed by atoms with Gasteiger partial charge in [-0.2, -0.15) is 0 Å². The van der Waals surface area contributed by atoms with Gasteiger partial charge in [-0.1, -0.05) is 24.3 Å². The van der Waals surface area contributed by atoms with E-state index in [-0.39, 0.29) is 0 Å². The Morgan fingerprint density at radius 1 is 0.800 bits per heavy atom. The predicted molar refractivity (Wildman–Crippen MR) is 70.1 cm³/mol. The molecule has 0 aromatic heterocycles. The third-order valence-corrected chi connectivity index (χ3v) is 3.14. The van der Waals surface area contributed by atoms with Gasteiger partial charge in [0.2, 0.25) is 0 Å². The van der Waals surface area contributed by atoms with E-state index in [9.17, 15) is 0 Å². The minimum Gasteiger partial charge on any atom is -0.0955 e. The highest BCUT2D eigenvalue weighted by molar-refractivity contribution is 5.74. The van der Waals surface area contributed by atoms with Crippen LogP contribution in [0.1, 0.15) is 41.7 Å². The van der Waals surface area contributed by atoms with Crippen molar-refractivity contribution in [3.63, 3.8) is 0 Å². The number of benzene rings is 1. The second kappa shape index (κ2) is 4.06. The fourth-order valence-electron chi connectivity index (χ4n) is 1.93. The van der Waals surface area contributed by atoms with E-state index in [1.54, 1.807) is 0 Å². The second-order valence-electron chi connectivity index (χ2n) is 4.41. The Bertz CT molecular complexity index is 396. The molecule has 15 heavy (non-hydrogen) atoms. The lowest BCUT2D eigenvalue weighted by Crippen LogP contribution is -1.97. The van der Waals surface area contributed by atoms with E-state index in [4.69, 9.17) is 0 Å². The molecule has 0 aliphatic heterocycles. The topological polar surface area (TPSA) is 0 Å². The van der Waals surface area contributed by atoms with Crippen molar-refractivity contribution < 1.29 is 0 Å². The maximum absolute atomic E-state index is 4.03. The Morgan fingerprint density at radius 2 is 1.13 bits per heavy atom. The Kier molecular flexibility index (Phi) is 3.18. The van der Waals surface area contributed by atoms with Gasteiger partial charge < -0.3 is 0 Å². The molecule has 0 spiro atoms. The maximum Gasteiger partial charge on any atom is -0.0195 e. The van der Waals surface area contributed by atoms with Crippen LogP contribution in [0.4, 0.5) is 0 Å². The van der Waals surface area contributed by atoms with Gasteiger partial charge in [-0.25, -0.2) is 0 Å². The monoisotopic (exact) mass is 200 g/mol. The van der Waals surface area contributed by atoms with Crippen LogP contribution in [0.3, 0.4) is 0 Å². The summed E-state index contributed by atoms with van der Waals surface area (Å²) in [5.74, 6) is 0. The summed E-state index contributed by atoms with van der Waals surface area (Å²) < 4.78 is 0. The Labute approximate surface area is 93.3 Å². The number of rotatable bonds is 2. The first-order valence-electron chi connectivity index (χ1n) is 5.28. The first-order chi connectivity index (χ1) is 6.86. The molecular formula is C15H20. The molecule has 1 rings (SSSR count). The number of hydrogen-bond acceptors (Lipinski definition) is 0. The van der Waals surface area contributed by atoms with Crippen LogP contribution in [0.2, 0.25) is 0 Å². The van der Waals surface area contributed by atoms with Crippen LogP contribution < -0.4 is 0 Å². The van der Waals surface area contributed by atoms with Crippen molar-refractivity contribution in [1.82, 2.24) is 0 Å². The summed E-state index contributed by atoms with van der Waals surface area (Å²) in [5.41, 5.74) is 8.80. The van der Waals surface area contributed by atoms with Crippen LogP contribution in [0.5, 0.6) is 0 Å². The van der Waals surface area contributed by atoms with E-state index in [1.807, 2.05) is 0 Å². The van der Waals surface area contributed by atoms with Crippen molar-refractivity contribution in [1.29, 1.82) is 0 Å². The smallest absolute Gasteiger partial charge is 0.0195 e. The van der Waals surface area contributed by atoms with Crippen molar-refractivity contribution in [2.24, 2.45) is 0 Å². The highest BCUT2D eigenvalue weighted by Gasteiger charge is 2.09. The van der Waals surface area contributed by atoms with E-state index >= 15 is 0 Å². The zero-order valence-corrected chi connectivity index (χ0v) is 10.5. The van der Waals surface area contributed by atoms with Crippen molar-refractivity contribution in [3.8, 4) is 0 Å². The van der Waals surface area contributed by atoms with Gasteiger partial charge >= 0.3 is 0 Å². The highest BCUT2D eigenvalue weighted by atomic mass is 14.1. The molecule has 0 atom stereocenters. The molecule has 0 unspecified atom stereocenters. The van der Waals surface area contributed by atoms with Crippen molar-refractivity contribution in [2.45, 2.75) is 34.6 Å². The Balaban J connectivity index is 3.59. The summed E-state index contributed by atoms with van der Waals surface area (Å²) in [5, 5.41) is 0. The molecule has 0 heteroatoms. The lowest BCUT2D eigenvalue weighted by molar-refractivity contribution is 1.23. The molecule has 0 heterocycles. The molecule has 0 aliphatic rings. The fraction of sp³-hybridized carbons (Fsp3) is 0.333. The fourth-order valence-corrected chi connectivity index (χ4v) is 1.93. The Hall–Kier alpha value is -1.30. The summed E-state index contributed by atoms with van der Waals surface area (Å²) in [6.45, 7) is 18.7. The standard InChI is InChI=1S/C15H20/c1-9(2)14-8-15(10(3)4)13(7)11(5)12(14)6/h8H,1,3H2,2,4-7H3. The average Bonchev–Trinajstić information content (AvgIpc) is 2.13.